The maximum atomic E-state index is 12.0. The highest BCUT2D eigenvalue weighted by molar-refractivity contribution is 5.90. The van der Waals surface area contributed by atoms with Crippen LogP contribution in [0.3, 0.4) is 0 Å². The highest BCUT2D eigenvalue weighted by Crippen LogP contribution is 2.22. The first-order valence-electron chi connectivity index (χ1n) is 7.44. The molecule has 21 heavy (non-hydrogen) atoms. The summed E-state index contributed by atoms with van der Waals surface area (Å²) in [4.78, 5) is 22.7. The zero-order valence-corrected chi connectivity index (χ0v) is 12.4. The molecule has 0 atom stereocenters. The van der Waals surface area contributed by atoms with Crippen LogP contribution in [0.4, 0.5) is 5.69 Å². The summed E-state index contributed by atoms with van der Waals surface area (Å²) in [6.07, 6.45) is 3.99. The molecule has 0 saturated carbocycles. The number of aliphatic carboxylic acids is 1. The van der Waals surface area contributed by atoms with Crippen LogP contribution < -0.4 is 5.01 Å². The molecule has 5 nitrogen and oxygen atoms in total. The van der Waals surface area contributed by atoms with Crippen molar-refractivity contribution in [2.24, 2.45) is 0 Å². The molecule has 1 aliphatic heterocycles. The summed E-state index contributed by atoms with van der Waals surface area (Å²) in [7, 11) is 0. The van der Waals surface area contributed by atoms with E-state index in [2.05, 4.69) is 5.01 Å². The summed E-state index contributed by atoms with van der Waals surface area (Å²) < 4.78 is 0. The fourth-order valence-electron chi connectivity index (χ4n) is 2.72. The van der Waals surface area contributed by atoms with Crippen molar-refractivity contribution in [2.75, 3.05) is 18.1 Å². The Kier molecular flexibility index (Phi) is 5.33. The number of hydrogen-bond acceptors (Lipinski definition) is 3. The van der Waals surface area contributed by atoms with E-state index in [1.165, 1.54) is 6.42 Å². The fraction of sp³-hybridized carbons (Fsp3) is 0.500. The molecule has 0 aliphatic carbocycles. The van der Waals surface area contributed by atoms with Gasteiger partial charge in [0.15, 0.2) is 0 Å². The van der Waals surface area contributed by atoms with Crippen molar-refractivity contribution in [3.8, 4) is 0 Å². The highest BCUT2D eigenvalue weighted by Gasteiger charge is 2.22. The van der Waals surface area contributed by atoms with Crippen molar-refractivity contribution < 1.29 is 14.7 Å². The number of benzene rings is 1. The number of carbonyl (C=O) groups is 2. The van der Waals surface area contributed by atoms with E-state index < -0.39 is 5.97 Å². The number of hydrazine groups is 1. The minimum absolute atomic E-state index is 0.00714. The average molecular weight is 290 g/mol. The van der Waals surface area contributed by atoms with Gasteiger partial charge in [-0.2, -0.15) is 0 Å². The number of amides is 1. The lowest BCUT2D eigenvalue weighted by Crippen LogP contribution is -2.48. The molecule has 114 valence electrons. The smallest absolute Gasteiger partial charge is 0.303 e. The Balaban J connectivity index is 2.17. The summed E-state index contributed by atoms with van der Waals surface area (Å²) in [6.45, 7) is 3.34. The summed E-state index contributed by atoms with van der Waals surface area (Å²) in [5.74, 6) is -0.813. The van der Waals surface area contributed by atoms with Crippen LogP contribution in [0.25, 0.3) is 0 Å². The number of aryl methyl sites for hydroxylation is 1. The van der Waals surface area contributed by atoms with Gasteiger partial charge in [-0.25, -0.2) is 10.0 Å². The number of carbonyl (C=O) groups excluding carboxylic acids is 1. The third-order valence-electron chi connectivity index (χ3n) is 3.70. The number of carboxylic acid groups (broad SMARTS) is 1. The van der Waals surface area contributed by atoms with E-state index >= 15 is 0 Å². The molecule has 0 aromatic heterocycles. The second-order valence-electron chi connectivity index (χ2n) is 5.41. The minimum Gasteiger partial charge on any atom is -0.481 e. The molecule has 1 aromatic rings. The topological polar surface area (TPSA) is 60.9 Å². The maximum Gasteiger partial charge on any atom is 0.303 e. The van der Waals surface area contributed by atoms with Gasteiger partial charge in [-0.3, -0.25) is 9.59 Å². The first-order chi connectivity index (χ1) is 10.1. The van der Waals surface area contributed by atoms with Crippen LogP contribution in [0.5, 0.6) is 0 Å². The predicted molar refractivity (Wildman–Crippen MR) is 81.0 cm³/mol. The molecule has 1 aliphatic rings. The summed E-state index contributed by atoms with van der Waals surface area (Å²) >= 11 is 0. The third-order valence-corrected chi connectivity index (χ3v) is 3.70. The molecule has 5 heteroatoms. The Hall–Kier alpha value is -1.88. The summed E-state index contributed by atoms with van der Waals surface area (Å²) in [5.41, 5.74) is 1.77. The van der Waals surface area contributed by atoms with Gasteiger partial charge in [0.2, 0.25) is 5.91 Å². The minimum atomic E-state index is -0.806. The van der Waals surface area contributed by atoms with Gasteiger partial charge in [-0.1, -0.05) is 18.6 Å². The number of nitrogens with zero attached hydrogens (tertiary/aromatic N) is 2. The SMILES string of the molecule is CC(=O)N(c1cccc(CCC(=O)O)c1)N1CCCCC1. The number of rotatable bonds is 5. The van der Waals surface area contributed by atoms with Gasteiger partial charge < -0.3 is 5.11 Å². The second kappa shape index (κ2) is 7.22. The number of piperidine rings is 1. The van der Waals surface area contributed by atoms with Crippen LogP contribution in [0.15, 0.2) is 24.3 Å². The zero-order chi connectivity index (χ0) is 15.2. The molecule has 1 aromatic carbocycles. The lowest BCUT2D eigenvalue weighted by molar-refractivity contribution is -0.137. The Bertz CT molecular complexity index is 510. The Morgan fingerprint density at radius 1 is 1.24 bits per heavy atom. The highest BCUT2D eigenvalue weighted by atomic mass is 16.4. The first-order valence-corrected chi connectivity index (χ1v) is 7.44. The summed E-state index contributed by atoms with van der Waals surface area (Å²) in [5, 5.41) is 12.6. The van der Waals surface area contributed by atoms with E-state index in [-0.39, 0.29) is 12.3 Å². The van der Waals surface area contributed by atoms with Crippen molar-refractivity contribution in [3.63, 3.8) is 0 Å². The number of hydrogen-bond donors (Lipinski definition) is 1. The number of anilines is 1. The van der Waals surface area contributed by atoms with Gasteiger partial charge in [-0.05, 0) is 37.0 Å². The molecule has 0 spiro atoms. The van der Waals surface area contributed by atoms with Crippen LogP contribution in [-0.2, 0) is 16.0 Å². The monoisotopic (exact) mass is 290 g/mol. The van der Waals surface area contributed by atoms with Gasteiger partial charge in [-0.15, -0.1) is 0 Å². The molecular weight excluding hydrogens is 268 g/mol. The second-order valence-corrected chi connectivity index (χ2v) is 5.41. The van der Waals surface area contributed by atoms with Gasteiger partial charge >= 0.3 is 5.97 Å². The first kappa shape index (κ1) is 15.5. The molecule has 1 fully saturated rings. The molecule has 2 rings (SSSR count). The van der Waals surface area contributed by atoms with Crippen molar-refractivity contribution in [3.05, 3.63) is 29.8 Å². The van der Waals surface area contributed by atoms with Crippen molar-refractivity contribution >= 4 is 17.6 Å². The van der Waals surface area contributed by atoms with Crippen LogP contribution >= 0.6 is 0 Å². The fourth-order valence-corrected chi connectivity index (χ4v) is 2.72. The molecule has 1 saturated heterocycles. The summed E-state index contributed by atoms with van der Waals surface area (Å²) in [6, 6.07) is 7.60. The van der Waals surface area contributed by atoms with Crippen molar-refractivity contribution in [1.82, 2.24) is 5.01 Å². The van der Waals surface area contributed by atoms with E-state index in [1.807, 2.05) is 24.3 Å². The van der Waals surface area contributed by atoms with E-state index in [4.69, 9.17) is 5.11 Å². The van der Waals surface area contributed by atoms with Gasteiger partial charge in [0, 0.05) is 26.4 Å². The Morgan fingerprint density at radius 3 is 2.57 bits per heavy atom. The largest absolute Gasteiger partial charge is 0.481 e. The zero-order valence-electron chi connectivity index (χ0n) is 12.4. The van der Waals surface area contributed by atoms with E-state index in [1.54, 1.807) is 11.9 Å². The maximum absolute atomic E-state index is 12.0. The van der Waals surface area contributed by atoms with Gasteiger partial charge in [0.05, 0.1) is 5.69 Å². The molecule has 1 heterocycles. The Labute approximate surface area is 125 Å². The molecule has 0 radical (unpaired) electrons. The van der Waals surface area contributed by atoms with E-state index in [0.717, 1.165) is 37.2 Å². The van der Waals surface area contributed by atoms with Crippen LogP contribution in [-0.4, -0.2) is 35.1 Å². The normalized spacial score (nSPS) is 15.7. The molecule has 1 amide bonds. The standard InChI is InChI=1S/C16H22N2O3/c1-13(19)18(17-10-3-2-4-11-17)15-7-5-6-14(12-15)8-9-16(20)21/h5-7,12H,2-4,8-11H2,1H3,(H,20,21). The Morgan fingerprint density at radius 2 is 1.95 bits per heavy atom. The van der Waals surface area contributed by atoms with Gasteiger partial charge in [0.25, 0.3) is 0 Å². The van der Waals surface area contributed by atoms with Crippen molar-refractivity contribution in [2.45, 2.75) is 39.0 Å². The van der Waals surface area contributed by atoms with Crippen LogP contribution in [0.1, 0.15) is 38.2 Å². The molecule has 0 unspecified atom stereocenters. The molecule has 0 bridgehead atoms. The average Bonchev–Trinajstić information content (AvgIpc) is 2.46. The van der Waals surface area contributed by atoms with Gasteiger partial charge in [0.1, 0.15) is 0 Å². The van der Waals surface area contributed by atoms with E-state index in [0.29, 0.717) is 6.42 Å². The van der Waals surface area contributed by atoms with Crippen LogP contribution in [0.2, 0.25) is 0 Å². The van der Waals surface area contributed by atoms with Crippen LogP contribution in [0, 0.1) is 0 Å². The van der Waals surface area contributed by atoms with Crippen molar-refractivity contribution in [1.29, 1.82) is 0 Å². The lowest BCUT2D eigenvalue weighted by atomic mass is 10.1. The van der Waals surface area contributed by atoms with E-state index in [9.17, 15) is 9.59 Å². The third kappa shape index (κ3) is 4.29. The number of carboxylic acids is 1. The quantitative estimate of drug-likeness (QED) is 0.905. The lowest BCUT2D eigenvalue weighted by Gasteiger charge is -2.36. The molecular formula is C16H22N2O3. The molecule has 1 N–H and O–H groups in total. The predicted octanol–water partition coefficient (Wildman–Crippen LogP) is 2.46.